The highest BCUT2D eigenvalue weighted by Gasteiger charge is 2.32. The number of hydrogen-bond acceptors (Lipinski definition) is 6. The zero-order chi connectivity index (χ0) is 26.2. The van der Waals surface area contributed by atoms with Crippen molar-refractivity contribution < 1.29 is 28.5 Å². The Morgan fingerprint density at radius 1 is 1.19 bits per heavy atom. The molecule has 0 saturated carbocycles. The van der Waals surface area contributed by atoms with Gasteiger partial charge in [0.15, 0.2) is 0 Å². The van der Waals surface area contributed by atoms with E-state index in [1.165, 1.54) is 5.56 Å². The maximum absolute atomic E-state index is 13.8. The van der Waals surface area contributed by atoms with Gasteiger partial charge in [0.05, 0.1) is 37.5 Å². The summed E-state index contributed by atoms with van der Waals surface area (Å²) in [4.78, 5) is 4.45. The molecule has 1 fully saturated rings. The predicted molar refractivity (Wildman–Crippen MR) is 139 cm³/mol. The highest BCUT2D eigenvalue weighted by atomic mass is 19.1. The van der Waals surface area contributed by atoms with Crippen LogP contribution in [0.1, 0.15) is 36.8 Å². The van der Waals surface area contributed by atoms with Crippen molar-refractivity contribution in [2.75, 3.05) is 20.3 Å². The van der Waals surface area contributed by atoms with Crippen molar-refractivity contribution in [2.45, 2.75) is 56.5 Å². The minimum atomic E-state index is -0.874. The Kier molecular flexibility index (Phi) is 9.57. The number of hydrogen-bond donors (Lipinski definition) is 3. The van der Waals surface area contributed by atoms with Crippen molar-refractivity contribution in [3.05, 3.63) is 77.5 Å². The lowest BCUT2D eigenvalue weighted by molar-refractivity contribution is -0.0917. The van der Waals surface area contributed by atoms with Gasteiger partial charge in [0.25, 0.3) is 0 Å². The summed E-state index contributed by atoms with van der Waals surface area (Å²) in [6.07, 6.45) is 7.57. The molecule has 1 aliphatic heterocycles. The van der Waals surface area contributed by atoms with Crippen molar-refractivity contribution in [1.29, 1.82) is 0 Å². The zero-order valence-electron chi connectivity index (χ0n) is 20.9. The molecule has 37 heavy (non-hydrogen) atoms. The van der Waals surface area contributed by atoms with Crippen LogP contribution >= 0.6 is 0 Å². The van der Waals surface area contributed by atoms with Gasteiger partial charge in [-0.05, 0) is 73.7 Å². The Labute approximate surface area is 216 Å². The zero-order valence-corrected chi connectivity index (χ0v) is 20.9. The van der Waals surface area contributed by atoms with Gasteiger partial charge in [-0.2, -0.15) is 0 Å². The lowest BCUT2D eigenvalue weighted by Gasteiger charge is -2.38. The number of aryl methyl sites for hydroxylation is 1. The van der Waals surface area contributed by atoms with Crippen LogP contribution in [0.25, 0.3) is 17.0 Å². The van der Waals surface area contributed by atoms with E-state index >= 15 is 0 Å². The fraction of sp³-hybridized carbons (Fsp3) is 0.414. The first-order valence-electron chi connectivity index (χ1n) is 12.7. The third-order valence-electron chi connectivity index (χ3n) is 6.86. The van der Waals surface area contributed by atoms with E-state index in [2.05, 4.69) is 10.3 Å². The molecule has 1 aliphatic rings. The molecule has 0 spiro atoms. The van der Waals surface area contributed by atoms with Crippen molar-refractivity contribution in [1.82, 2.24) is 10.3 Å². The highest BCUT2D eigenvalue weighted by molar-refractivity contribution is 5.83. The first-order valence-corrected chi connectivity index (χ1v) is 12.7. The van der Waals surface area contributed by atoms with Gasteiger partial charge in [-0.3, -0.25) is 4.98 Å². The van der Waals surface area contributed by atoms with E-state index in [1.54, 1.807) is 19.3 Å². The summed E-state index contributed by atoms with van der Waals surface area (Å²) in [5, 5.41) is 23.9. The van der Waals surface area contributed by atoms with Crippen LogP contribution in [0.4, 0.5) is 8.78 Å². The molecule has 0 aliphatic carbocycles. The third kappa shape index (κ3) is 7.32. The summed E-state index contributed by atoms with van der Waals surface area (Å²) >= 11 is 0. The Balaban J connectivity index is 1.36. The largest absolute Gasteiger partial charge is 0.497 e. The number of benzene rings is 2. The van der Waals surface area contributed by atoms with Crippen LogP contribution in [0, 0.1) is 11.6 Å². The molecule has 0 radical (unpaired) electrons. The van der Waals surface area contributed by atoms with Gasteiger partial charge in [-0.15, -0.1) is 0 Å². The molecule has 0 amide bonds. The monoisotopic (exact) mass is 512 g/mol. The second kappa shape index (κ2) is 13.1. The molecule has 0 bridgehead atoms. The molecule has 1 unspecified atom stereocenters. The summed E-state index contributed by atoms with van der Waals surface area (Å²) in [5.41, 5.74) is 2.28. The lowest BCUT2D eigenvalue weighted by Crippen LogP contribution is -2.49. The topological polar surface area (TPSA) is 83.8 Å². The van der Waals surface area contributed by atoms with Gasteiger partial charge >= 0.3 is 0 Å². The summed E-state index contributed by atoms with van der Waals surface area (Å²) < 4.78 is 39.0. The summed E-state index contributed by atoms with van der Waals surface area (Å²) in [6, 6.07) is 11.2. The van der Waals surface area contributed by atoms with Crippen molar-refractivity contribution in [3.8, 4) is 5.75 Å². The number of halogens is 2. The van der Waals surface area contributed by atoms with E-state index < -0.39 is 17.7 Å². The van der Waals surface area contributed by atoms with Gasteiger partial charge in [-0.25, -0.2) is 8.78 Å². The minimum absolute atomic E-state index is 0.0136. The first-order chi connectivity index (χ1) is 18.0. The molecule has 1 aromatic heterocycles. The fourth-order valence-corrected chi connectivity index (χ4v) is 4.86. The van der Waals surface area contributed by atoms with E-state index in [9.17, 15) is 19.0 Å². The van der Waals surface area contributed by atoms with Gasteiger partial charge in [-0.1, -0.05) is 12.2 Å². The average molecular weight is 513 g/mol. The van der Waals surface area contributed by atoms with Crippen LogP contribution < -0.4 is 10.1 Å². The molecule has 4 rings (SSSR count). The van der Waals surface area contributed by atoms with Crippen LogP contribution in [0.15, 0.2) is 54.7 Å². The van der Waals surface area contributed by atoms with Gasteiger partial charge in [0, 0.05) is 36.2 Å². The maximum atomic E-state index is 13.8. The number of nitrogens with one attached hydrogen (secondary N) is 1. The van der Waals surface area contributed by atoms with E-state index in [0.717, 1.165) is 60.5 Å². The van der Waals surface area contributed by atoms with Crippen LogP contribution in [0.2, 0.25) is 0 Å². The molecule has 8 heteroatoms. The van der Waals surface area contributed by atoms with Crippen molar-refractivity contribution in [2.24, 2.45) is 0 Å². The third-order valence-corrected chi connectivity index (χ3v) is 6.86. The Hall–Kier alpha value is -2.91. The number of methoxy groups -OCH3 is 1. The number of aliphatic hydroxyl groups is 2. The summed E-state index contributed by atoms with van der Waals surface area (Å²) in [5.74, 6) is -0.180. The molecule has 2 aromatic carbocycles. The molecule has 4 atom stereocenters. The number of aromatic nitrogens is 1. The van der Waals surface area contributed by atoms with Gasteiger partial charge in [0.2, 0.25) is 0 Å². The van der Waals surface area contributed by atoms with E-state index in [4.69, 9.17) is 9.47 Å². The number of fused-ring (bicyclic) bond motifs is 1. The number of pyridine rings is 1. The molecule has 3 aromatic rings. The standard InChI is InChI=1S/C29H34F2N2O4/c1-36-24-8-10-27-25(17-24)19(12-14-33-27)4-6-23-7-11-28(29(37-23)16-22(35)18-34)32-13-2-3-20-15-21(30)5-9-26(20)31/h2-3,5,8-10,12,14-15,17,22-23,28-29,32,34-35H,4,6-7,11,13,16,18H2,1H3/b3-2+/t22-,23-,28-,29?/m1/s1. The Morgan fingerprint density at radius 3 is 2.86 bits per heavy atom. The normalized spacial score (nSPS) is 20.9. The quantitative estimate of drug-likeness (QED) is 0.353. The lowest BCUT2D eigenvalue weighted by atomic mass is 9.92. The number of aliphatic hydroxyl groups excluding tert-OH is 2. The SMILES string of the molecule is COc1ccc2nccc(CC[C@@H]3CC[C@@H](NC/C=C/c4cc(F)ccc4F)C(C[C@@H](O)CO)O3)c2c1. The number of ether oxygens (including phenoxy) is 2. The van der Waals surface area contributed by atoms with Crippen molar-refractivity contribution >= 4 is 17.0 Å². The minimum Gasteiger partial charge on any atom is -0.497 e. The van der Waals surface area contributed by atoms with Crippen LogP contribution in [0.5, 0.6) is 5.75 Å². The van der Waals surface area contributed by atoms with Crippen molar-refractivity contribution in [3.63, 3.8) is 0 Å². The molecule has 198 valence electrons. The van der Waals surface area contributed by atoms with Crippen LogP contribution in [-0.2, 0) is 11.2 Å². The number of nitrogens with zero attached hydrogens (tertiary/aromatic N) is 1. The van der Waals surface area contributed by atoms with Gasteiger partial charge in [0.1, 0.15) is 17.4 Å². The molecule has 1 saturated heterocycles. The molecule has 2 heterocycles. The summed E-state index contributed by atoms with van der Waals surface area (Å²) in [6.45, 7) is 0.103. The second-order valence-corrected chi connectivity index (χ2v) is 9.42. The van der Waals surface area contributed by atoms with Crippen LogP contribution in [0.3, 0.4) is 0 Å². The molecular formula is C29H34F2N2O4. The molecule has 3 N–H and O–H groups in total. The first kappa shape index (κ1) is 27.1. The Bertz CT molecular complexity index is 1210. The highest BCUT2D eigenvalue weighted by Crippen LogP contribution is 2.28. The molecular weight excluding hydrogens is 478 g/mol. The maximum Gasteiger partial charge on any atom is 0.130 e. The molecule has 6 nitrogen and oxygen atoms in total. The fourth-order valence-electron chi connectivity index (χ4n) is 4.86. The summed E-state index contributed by atoms with van der Waals surface area (Å²) in [7, 11) is 1.65. The predicted octanol–water partition coefficient (Wildman–Crippen LogP) is 4.42. The van der Waals surface area contributed by atoms with E-state index in [0.29, 0.717) is 13.0 Å². The van der Waals surface area contributed by atoms with E-state index in [1.807, 2.05) is 30.5 Å². The van der Waals surface area contributed by atoms with Crippen LogP contribution in [-0.4, -0.2) is 59.8 Å². The number of rotatable bonds is 11. The average Bonchev–Trinajstić information content (AvgIpc) is 2.92. The van der Waals surface area contributed by atoms with Gasteiger partial charge < -0.3 is 25.0 Å². The van der Waals surface area contributed by atoms with E-state index in [-0.39, 0.29) is 30.4 Å². The Morgan fingerprint density at radius 2 is 2.05 bits per heavy atom. The second-order valence-electron chi connectivity index (χ2n) is 9.42. The smallest absolute Gasteiger partial charge is 0.130 e.